The Bertz CT molecular complexity index is 191. The van der Waals surface area contributed by atoms with E-state index in [1.54, 1.807) is 0 Å². The molecule has 0 saturated carbocycles. The SMILES string of the molecule is CC(C)(C)OCC(O)C1CC=CCC1. The van der Waals surface area contributed by atoms with Crippen LogP contribution in [0.25, 0.3) is 0 Å². The molecule has 1 aliphatic carbocycles. The number of hydrogen-bond acceptors (Lipinski definition) is 2. The van der Waals surface area contributed by atoms with Gasteiger partial charge in [-0.25, -0.2) is 0 Å². The number of hydrogen-bond donors (Lipinski definition) is 1. The van der Waals surface area contributed by atoms with Gasteiger partial charge in [0.1, 0.15) is 0 Å². The Labute approximate surface area is 87.0 Å². The van der Waals surface area contributed by atoms with Gasteiger partial charge in [0.05, 0.1) is 18.3 Å². The Kier molecular flexibility index (Phi) is 4.14. The Morgan fingerprint density at radius 1 is 1.43 bits per heavy atom. The smallest absolute Gasteiger partial charge is 0.0805 e. The summed E-state index contributed by atoms with van der Waals surface area (Å²) in [5, 5.41) is 9.88. The Morgan fingerprint density at radius 2 is 2.14 bits per heavy atom. The van der Waals surface area contributed by atoms with Gasteiger partial charge in [0.2, 0.25) is 0 Å². The number of ether oxygens (including phenoxy) is 1. The fraction of sp³-hybridized carbons (Fsp3) is 0.833. The van der Waals surface area contributed by atoms with Gasteiger partial charge in [-0.15, -0.1) is 0 Å². The summed E-state index contributed by atoms with van der Waals surface area (Å²) in [6.07, 6.45) is 7.22. The van der Waals surface area contributed by atoms with Crippen LogP contribution in [-0.2, 0) is 4.74 Å². The van der Waals surface area contributed by atoms with Crippen molar-refractivity contribution in [2.45, 2.75) is 51.7 Å². The molecule has 0 radical (unpaired) electrons. The molecule has 0 heterocycles. The number of aliphatic hydroxyl groups excluding tert-OH is 1. The van der Waals surface area contributed by atoms with Crippen molar-refractivity contribution in [3.63, 3.8) is 0 Å². The van der Waals surface area contributed by atoms with Gasteiger partial charge in [-0.2, -0.15) is 0 Å². The van der Waals surface area contributed by atoms with Gasteiger partial charge in [-0.3, -0.25) is 0 Å². The molecule has 0 aromatic heterocycles. The zero-order valence-corrected chi connectivity index (χ0v) is 9.49. The van der Waals surface area contributed by atoms with E-state index in [0.29, 0.717) is 12.5 Å². The van der Waals surface area contributed by atoms with Gasteiger partial charge >= 0.3 is 0 Å². The third-order valence-corrected chi connectivity index (χ3v) is 2.54. The van der Waals surface area contributed by atoms with Crippen LogP contribution in [0, 0.1) is 5.92 Å². The number of rotatable bonds is 3. The lowest BCUT2D eigenvalue weighted by Gasteiger charge is -2.27. The molecule has 0 bridgehead atoms. The molecule has 0 amide bonds. The van der Waals surface area contributed by atoms with E-state index in [9.17, 15) is 5.11 Å². The molecule has 0 fully saturated rings. The molecule has 14 heavy (non-hydrogen) atoms. The van der Waals surface area contributed by atoms with E-state index in [-0.39, 0.29) is 11.7 Å². The van der Waals surface area contributed by atoms with Crippen molar-refractivity contribution in [2.24, 2.45) is 5.92 Å². The molecule has 1 aliphatic rings. The second kappa shape index (κ2) is 4.94. The Balaban J connectivity index is 2.27. The molecule has 2 atom stereocenters. The molecule has 82 valence electrons. The minimum atomic E-state index is -0.306. The minimum Gasteiger partial charge on any atom is -0.390 e. The first-order chi connectivity index (χ1) is 6.49. The zero-order chi connectivity index (χ0) is 10.6. The summed E-state index contributed by atoms with van der Waals surface area (Å²) in [7, 11) is 0. The molecular formula is C12H22O2. The molecule has 0 aromatic carbocycles. The molecule has 0 aliphatic heterocycles. The van der Waals surface area contributed by atoms with Crippen LogP contribution < -0.4 is 0 Å². The lowest BCUT2D eigenvalue weighted by atomic mass is 9.90. The van der Waals surface area contributed by atoms with Crippen molar-refractivity contribution < 1.29 is 9.84 Å². The van der Waals surface area contributed by atoms with Crippen molar-refractivity contribution in [2.75, 3.05) is 6.61 Å². The summed E-state index contributed by atoms with van der Waals surface area (Å²) >= 11 is 0. The highest BCUT2D eigenvalue weighted by Crippen LogP contribution is 2.22. The molecule has 0 saturated heterocycles. The van der Waals surface area contributed by atoms with Gasteiger partial charge in [-0.1, -0.05) is 12.2 Å². The molecule has 2 heteroatoms. The summed E-state index contributed by atoms with van der Waals surface area (Å²) in [4.78, 5) is 0. The lowest BCUT2D eigenvalue weighted by Crippen LogP contribution is -2.31. The van der Waals surface area contributed by atoms with E-state index < -0.39 is 0 Å². The molecule has 2 unspecified atom stereocenters. The van der Waals surface area contributed by atoms with E-state index in [1.165, 1.54) is 0 Å². The highest BCUT2D eigenvalue weighted by Gasteiger charge is 2.21. The summed E-state index contributed by atoms with van der Waals surface area (Å²) in [6, 6.07) is 0. The Hall–Kier alpha value is -0.340. The van der Waals surface area contributed by atoms with Crippen LogP contribution in [0.5, 0.6) is 0 Å². The fourth-order valence-corrected chi connectivity index (χ4v) is 1.64. The van der Waals surface area contributed by atoms with E-state index >= 15 is 0 Å². The van der Waals surface area contributed by atoms with Crippen molar-refractivity contribution in [1.82, 2.24) is 0 Å². The van der Waals surface area contributed by atoms with Crippen LogP contribution in [-0.4, -0.2) is 23.4 Å². The van der Waals surface area contributed by atoms with E-state index in [2.05, 4.69) is 12.2 Å². The highest BCUT2D eigenvalue weighted by atomic mass is 16.5. The van der Waals surface area contributed by atoms with Crippen LogP contribution >= 0.6 is 0 Å². The van der Waals surface area contributed by atoms with Crippen molar-refractivity contribution in [3.05, 3.63) is 12.2 Å². The van der Waals surface area contributed by atoms with Crippen molar-refractivity contribution in [3.8, 4) is 0 Å². The monoisotopic (exact) mass is 198 g/mol. The molecular weight excluding hydrogens is 176 g/mol. The maximum atomic E-state index is 9.88. The number of allylic oxidation sites excluding steroid dienone is 2. The second-order valence-electron chi connectivity index (χ2n) is 5.04. The third-order valence-electron chi connectivity index (χ3n) is 2.54. The topological polar surface area (TPSA) is 29.5 Å². The lowest BCUT2D eigenvalue weighted by molar-refractivity contribution is -0.0655. The van der Waals surface area contributed by atoms with Crippen LogP contribution in [0.3, 0.4) is 0 Å². The van der Waals surface area contributed by atoms with Gasteiger partial charge in [0, 0.05) is 0 Å². The predicted octanol–water partition coefficient (Wildman–Crippen LogP) is 2.52. The van der Waals surface area contributed by atoms with Crippen LogP contribution in [0.2, 0.25) is 0 Å². The normalized spacial score (nSPS) is 25.0. The predicted molar refractivity (Wildman–Crippen MR) is 58.2 cm³/mol. The molecule has 0 spiro atoms. The molecule has 1 N–H and O–H groups in total. The first-order valence-electron chi connectivity index (χ1n) is 5.46. The second-order valence-corrected chi connectivity index (χ2v) is 5.04. The summed E-state index contributed by atoms with van der Waals surface area (Å²) < 4.78 is 5.57. The van der Waals surface area contributed by atoms with E-state index in [4.69, 9.17) is 4.74 Å². The van der Waals surface area contributed by atoms with Gasteiger partial charge in [-0.05, 0) is 46.0 Å². The fourth-order valence-electron chi connectivity index (χ4n) is 1.64. The van der Waals surface area contributed by atoms with Crippen molar-refractivity contribution in [1.29, 1.82) is 0 Å². The van der Waals surface area contributed by atoms with Gasteiger partial charge in [0.15, 0.2) is 0 Å². The zero-order valence-electron chi connectivity index (χ0n) is 9.49. The van der Waals surface area contributed by atoms with E-state index in [1.807, 2.05) is 20.8 Å². The van der Waals surface area contributed by atoms with Gasteiger partial charge < -0.3 is 9.84 Å². The summed E-state index contributed by atoms with van der Waals surface area (Å²) in [5.41, 5.74) is -0.147. The van der Waals surface area contributed by atoms with Gasteiger partial charge in [0.25, 0.3) is 0 Å². The average Bonchev–Trinajstić information content (AvgIpc) is 2.14. The molecule has 0 aromatic rings. The van der Waals surface area contributed by atoms with Crippen LogP contribution in [0.15, 0.2) is 12.2 Å². The summed E-state index contributed by atoms with van der Waals surface area (Å²) in [5.74, 6) is 0.391. The largest absolute Gasteiger partial charge is 0.390 e. The molecule has 2 nitrogen and oxygen atoms in total. The maximum absolute atomic E-state index is 9.88. The Morgan fingerprint density at radius 3 is 2.64 bits per heavy atom. The van der Waals surface area contributed by atoms with Crippen LogP contribution in [0.1, 0.15) is 40.0 Å². The average molecular weight is 198 g/mol. The quantitative estimate of drug-likeness (QED) is 0.706. The molecule has 1 rings (SSSR count). The number of aliphatic hydroxyl groups is 1. The van der Waals surface area contributed by atoms with Crippen LogP contribution in [0.4, 0.5) is 0 Å². The maximum Gasteiger partial charge on any atom is 0.0805 e. The first kappa shape index (κ1) is 11.7. The third kappa shape index (κ3) is 4.25. The van der Waals surface area contributed by atoms with Crippen molar-refractivity contribution >= 4 is 0 Å². The highest BCUT2D eigenvalue weighted by molar-refractivity contribution is 4.92. The minimum absolute atomic E-state index is 0.147. The summed E-state index contributed by atoms with van der Waals surface area (Å²) in [6.45, 7) is 6.50. The standard InChI is InChI=1S/C12H22O2/c1-12(2,3)14-9-11(13)10-7-5-4-6-8-10/h4-5,10-11,13H,6-9H2,1-3H3. The first-order valence-corrected chi connectivity index (χ1v) is 5.46. The van der Waals surface area contributed by atoms with E-state index in [0.717, 1.165) is 19.3 Å².